The first-order valence-electron chi connectivity index (χ1n) is 11.9. The summed E-state index contributed by atoms with van der Waals surface area (Å²) in [6, 6.07) is 17.9. The molecule has 0 atom stereocenters. The van der Waals surface area contributed by atoms with Gasteiger partial charge in [0.2, 0.25) is 0 Å². The van der Waals surface area contributed by atoms with Crippen molar-refractivity contribution in [2.24, 2.45) is 5.92 Å². The van der Waals surface area contributed by atoms with Gasteiger partial charge in [0.25, 0.3) is 0 Å². The van der Waals surface area contributed by atoms with Crippen molar-refractivity contribution in [2.75, 3.05) is 28.6 Å². The summed E-state index contributed by atoms with van der Waals surface area (Å²) in [7, 11) is 0. The van der Waals surface area contributed by atoms with Crippen molar-refractivity contribution in [3.63, 3.8) is 0 Å². The van der Waals surface area contributed by atoms with Gasteiger partial charge in [-0.05, 0) is 54.3 Å². The van der Waals surface area contributed by atoms with Crippen molar-refractivity contribution in [1.82, 2.24) is 0 Å². The second-order valence-corrected chi connectivity index (χ2v) is 9.23. The van der Waals surface area contributed by atoms with Gasteiger partial charge >= 0.3 is 18.2 Å². The maximum Gasteiger partial charge on any atom is 0.390 e. The van der Waals surface area contributed by atoms with Crippen LogP contribution in [0.15, 0.2) is 66.7 Å². The summed E-state index contributed by atoms with van der Waals surface area (Å²) in [4.78, 5) is 26.2. The van der Waals surface area contributed by atoms with Gasteiger partial charge in [-0.15, -0.1) is 0 Å². The predicted octanol–water partition coefficient (Wildman–Crippen LogP) is 7.42. The number of hydrogen-bond acceptors (Lipinski definition) is 3. The van der Waals surface area contributed by atoms with E-state index in [0.29, 0.717) is 29.0 Å². The summed E-state index contributed by atoms with van der Waals surface area (Å²) < 4.78 is 39.3. The van der Waals surface area contributed by atoms with Gasteiger partial charge in [-0.1, -0.05) is 55.8 Å². The lowest BCUT2D eigenvalue weighted by atomic mass is 9.98. The highest BCUT2D eigenvalue weighted by Crippen LogP contribution is 2.35. The molecule has 0 bridgehead atoms. The van der Waals surface area contributed by atoms with Gasteiger partial charge in [-0.2, -0.15) is 13.2 Å². The van der Waals surface area contributed by atoms with Gasteiger partial charge in [0.05, 0.1) is 23.4 Å². The highest BCUT2D eigenvalue weighted by molar-refractivity contribution is 6.03. The summed E-state index contributed by atoms with van der Waals surface area (Å²) in [5.74, 6) is -1.06. The molecule has 3 aromatic rings. The first-order chi connectivity index (χ1) is 17.4. The Morgan fingerprint density at radius 2 is 1.65 bits per heavy atom. The molecule has 0 aliphatic carbocycles. The number of amides is 2. The van der Waals surface area contributed by atoms with Crippen LogP contribution in [0.4, 0.5) is 35.0 Å². The zero-order valence-electron chi connectivity index (χ0n) is 20.9. The second kappa shape index (κ2) is 11.8. The molecule has 0 radical (unpaired) electrons. The fraction of sp³-hybridized carbons (Fsp3) is 0.286. The molecule has 0 aliphatic rings. The lowest BCUT2D eigenvalue weighted by molar-refractivity contribution is -0.132. The standard InChI is InChI=1S/C28H30F3N3O3/c1-18(2)17-34(15-14-28(29,30)31)25-13-10-20(22-6-4-5-7-23(22)26(35)36)16-24(25)33-27(37)32-21-11-8-19(3)9-12-21/h4-13,16,18H,14-15,17H2,1-3H3,(H,35,36)(H2,32,33,37). The first-order valence-corrected chi connectivity index (χ1v) is 11.9. The summed E-state index contributed by atoms with van der Waals surface area (Å²) in [5, 5.41) is 15.1. The molecular formula is C28H30F3N3O3. The van der Waals surface area contributed by atoms with Crippen molar-refractivity contribution in [1.29, 1.82) is 0 Å². The van der Waals surface area contributed by atoms with Crippen LogP contribution in [0.3, 0.4) is 0 Å². The number of hydrogen-bond donors (Lipinski definition) is 3. The Balaban J connectivity index is 2.03. The smallest absolute Gasteiger partial charge is 0.390 e. The molecule has 0 aromatic heterocycles. The van der Waals surface area contributed by atoms with E-state index >= 15 is 0 Å². The average molecular weight is 514 g/mol. The van der Waals surface area contributed by atoms with Gasteiger partial charge in [0, 0.05) is 18.8 Å². The summed E-state index contributed by atoms with van der Waals surface area (Å²) in [5.41, 5.74) is 3.25. The molecule has 0 spiro atoms. The monoisotopic (exact) mass is 513 g/mol. The van der Waals surface area contributed by atoms with Crippen LogP contribution in [0.1, 0.15) is 36.2 Å². The van der Waals surface area contributed by atoms with E-state index in [1.165, 1.54) is 6.07 Å². The van der Waals surface area contributed by atoms with Gasteiger partial charge in [0.1, 0.15) is 0 Å². The van der Waals surface area contributed by atoms with E-state index in [9.17, 15) is 27.9 Å². The van der Waals surface area contributed by atoms with Crippen molar-refractivity contribution in [3.8, 4) is 11.1 Å². The largest absolute Gasteiger partial charge is 0.478 e. The molecule has 6 nitrogen and oxygen atoms in total. The number of benzene rings is 3. The van der Waals surface area contributed by atoms with E-state index in [2.05, 4.69) is 10.6 Å². The Labute approximate surface area is 214 Å². The molecule has 0 fully saturated rings. The molecule has 3 rings (SSSR count). The Morgan fingerprint density at radius 3 is 2.27 bits per heavy atom. The van der Waals surface area contributed by atoms with E-state index in [1.54, 1.807) is 53.4 Å². The molecule has 0 aliphatic heterocycles. The van der Waals surface area contributed by atoms with E-state index in [0.717, 1.165) is 5.56 Å². The van der Waals surface area contributed by atoms with Gasteiger partial charge < -0.3 is 20.6 Å². The predicted molar refractivity (Wildman–Crippen MR) is 140 cm³/mol. The van der Waals surface area contributed by atoms with Crippen LogP contribution in [0.2, 0.25) is 0 Å². The maximum absolute atomic E-state index is 13.1. The van der Waals surface area contributed by atoms with Gasteiger partial charge in [-0.25, -0.2) is 9.59 Å². The highest BCUT2D eigenvalue weighted by Gasteiger charge is 2.29. The number of aromatic carboxylic acids is 1. The molecule has 9 heteroatoms. The number of carbonyl (C=O) groups excluding carboxylic acids is 1. The van der Waals surface area contributed by atoms with Crippen LogP contribution < -0.4 is 15.5 Å². The Bertz CT molecular complexity index is 1240. The van der Waals surface area contributed by atoms with E-state index in [1.807, 2.05) is 32.9 Å². The van der Waals surface area contributed by atoms with Crippen molar-refractivity contribution < 1.29 is 27.9 Å². The van der Waals surface area contributed by atoms with Crippen molar-refractivity contribution >= 4 is 29.1 Å². The zero-order valence-corrected chi connectivity index (χ0v) is 20.9. The number of carbonyl (C=O) groups is 2. The number of rotatable bonds is 9. The Kier molecular flexibility index (Phi) is 8.81. The van der Waals surface area contributed by atoms with Crippen LogP contribution in [0, 0.1) is 12.8 Å². The molecule has 3 aromatic carbocycles. The number of carboxylic acids is 1. The number of nitrogens with one attached hydrogen (secondary N) is 2. The minimum atomic E-state index is -4.34. The zero-order chi connectivity index (χ0) is 27.2. The molecule has 2 amide bonds. The summed E-state index contributed by atoms with van der Waals surface area (Å²) in [6.07, 6.45) is -5.36. The molecule has 0 saturated carbocycles. The lowest BCUT2D eigenvalue weighted by Crippen LogP contribution is -2.32. The molecule has 3 N–H and O–H groups in total. The SMILES string of the molecule is Cc1ccc(NC(=O)Nc2cc(-c3ccccc3C(=O)O)ccc2N(CCC(F)(F)F)CC(C)C)cc1. The number of anilines is 3. The molecule has 196 valence electrons. The highest BCUT2D eigenvalue weighted by atomic mass is 19.4. The molecule has 0 unspecified atom stereocenters. The van der Waals surface area contributed by atoms with Crippen LogP contribution in [-0.2, 0) is 0 Å². The van der Waals surface area contributed by atoms with Crippen LogP contribution >= 0.6 is 0 Å². The topological polar surface area (TPSA) is 81.7 Å². The summed E-state index contributed by atoms with van der Waals surface area (Å²) >= 11 is 0. The van der Waals surface area contributed by atoms with Gasteiger partial charge in [0.15, 0.2) is 0 Å². The fourth-order valence-electron chi connectivity index (χ4n) is 3.93. The number of urea groups is 1. The van der Waals surface area contributed by atoms with Crippen LogP contribution in [0.5, 0.6) is 0 Å². The lowest BCUT2D eigenvalue weighted by Gasteiger charge is -2.29. The number of alkyl halides is 3. The number of aryl methyl sites for hydroxylation is 1. The van der Waals surface area contributed by atoms with Crippen LogP contribution in [0.25, 0.3) is 11.1 Å². The quantitative estimate of drug-likeness (QED) is 0.278. The number of halogens is 3. The second-order valence-electron chi connectivity index (χ2n) is 9.23. The number of nitrogens with zero attached hydrogens (tertiary/aromatic N) is 1. The number of carboxylic acid groups (broad SMARTS) is 1. The third kappa shape index (κ3) is 7.99. The van der Waals surface area contributed by atoms with E-state index in [4.69, 9.17) is 0 Å². The van der Waals surface area contributed by atoms with Gasteiger partial charge in [-0.3, -0.25) is 0 Å². The minimum Gasteiger partial charge on any atom is -0.478 e. The molecule has 0 heterocycles. The summed E-state index contributed by atoms with van der Waals surface area (Å²) in [6.45, 7) is 5.75. The molecule has 37 heavy (non-hydrogen) atoms. The Morgan fingerprint density at radius 1 is 0.973 bits per heavy atom. The Hall–Kier alpha value is -4.01. The van der Waals surface area contributed by atoms with Crippen LogP contribution in [-0.4, -0.2) is 36.4 Å². The minimum absolute atomic E-state index is 0.0508. The first kappa shape index (κ1) is 27.6. The molecular weight excluding hydrogens is 483 g/mol. The van der Waals surface area contributed by atoms with Crippen molar-refractivity contribution in [2.45, 2.75) is 33.4 Å². The fourth-order valence-corrected chi connectivity index (χ4v) is 3.93. The van der Waals surface area contributed by atoms with E-state index < -0.39 is 24.6 Å². The van der Waals surface area contributed by atoms with Crippen molar-refractivity contribution in [3.05, 3.63) is 77.9 Å². The third-order valence-corrected chi connectivity index (χ3v) is 5.61. The maximum atomic E-state index is 13.1. The molecule has 0 saturated heterocycles. The third-order valence-electron chi connectivity index (χ3n) is 5.61. The van der Waals surface area contributed by atoms with E-state index in [-0.39, 0.29) is 23.7 Å². The average Bonchev–Trinajstić information content (AvgIpc) is 2.82. The normalized spacial score (nSPS) is 11.3.